The minimum atomic E-state index is -3.29. The molecule has 33 heavy (non-hydrogen) atoms. The Hall–Kier alpha value is -1.25. The van der Waals surface area contributed by atoms with Crippen molar-refractivity contribution in [1.29, 1.82) is 0 Å². The van der Waals surface area contributed by atoms with Gasteiger partial charge in [-0.15, -0.1) is 11.3 Å². The second-order valence-corrected chi connectivity index (χ2v) is 13.2. The van der Waals surface area contributed by atoms with Crippen LogP contribution < -0.4 is 4.72 Å². The summed E-state index contributed by atoms with van der Waals surface area (Å²) < 4.78 is 34.5. The van der Waals surface area contributed by atoms with E-state index < -0.39 is 10.0 Å². The van der Waals surface area contributed by atoms with Gasteiger partial charge in [0.2, 0.25) is 10.0 Å². The average molecular weight is 489 g/mol. The van der Waals surface area contributed by atoms with Crippen LogP contribution in [0.3, 0.4) is 0 Å². The van der Waals surface area contributed by atoms with E-state index in [0.717, 1.165) is 75.9 Å². The standard InChI is InChI=1S/C26H36N2O3S2/c1-3-23-16-24-25(32-23)7-12-31-26(24)8-10-28(11-9-26)17-21-14-22(15-21)27-33(29,30)18-20-6-4-5-19(2)13-20/h4-6,13,16,21-22,27H,3,7-12,14-15,17-18H2,1-2H3. The molecule has 180 valence electrons. The number of likely N-dealkylation sites (tertiary alicyclic amines) is 1. The third kappa shape index (κ3) is 5.22. The zero-order chi connectivity index (χ0) is 23.1. The van der Waals surface area contributed by atoms with E-state index in [1.54, 1.807) is 4.88 Å². The van der Waals surface area contributed by atoms with Gasteiger partial charge in [0.05, 0.1) is 18.0 Å². The molecule has 2 aliphatic heterocycles. The van der Waals surface area contributed by atoms with Crippen LogP contribution >= 0.6 is 11.3 Å². The molecule has 0 radical (unpaired) electrons. The van der Waals surface area contributed by atoms with E-state index in [9.17, 15) is 8.42 Å². The number of rotatable bonds is 7. The van der Waals surface area contributed by atoms with Crippen molar-refractivity contribution in [2.45, 2.75) is 69.8 Å². The van der Waals surface area contributed by atoms with Crippen LogP contribution in [0.15, 0.2) is 30.3 Å². The highest BCUT2D eigenvalue weighted by molar-refractivity contribution is 7.88. The Morgan fingerprint density at radius 2 is 2.00 bits per heavy atom. The molecule has 3 aliphatic rings. The first-order valence-electron chi connectivity index (χ1n) is 12.4. The molecule has 1 saturated heterocycles. The maximum absolute atomic E-state index is 12.6. The Kier molecular flexibility index (Phi) is 6.71. The van der Waals surface area contributed by atoms with Gasteiger partial charge in [0.15, 0.2) is 0 Å². The SMILES string of the molecule is CCc1cc2c(s1)CCOC21CCN(CC2CC(NS(=O)(=O)Cc3cccc(C)c3)C2)CC1. The van der Waals surface area contributed by atoms with Gasteiger partial charge >= 0.3 is 0 Å². The highest BCUT2D eigenvalue weighted by Gasteiger charge is 2.43. The van der Waals surface area contributed by atoms with Gasteiger partial charge in [0.25, 0.3) is 0 Å². The number of hydrogen-bond acceptors (Lipinski definition) is 5. The Bertz CT molecular complexity index is 1080. The Balaban J connectivity index is 1.09. The molecular formula is C26H36N2O3S2. The second kappa shape index (κ2) is 9.42. The molecule has 2 fully saturated rings. The maximum atomic E-state index is 12.6. The molecule has 2 aromatic rings. The minimum absolute atomic E-state index is 0.0639. The number of thiophene rings is 1. The maximum Gasteiger partial charge on any atom is 0.216 e. The zero-order valence-corrected chi connectivity index (χ0v) is 21.4. The average Bonchev–Trinajstić information content (AvgIpc) is 3.18. The number of hydrogen-bond donors (Lipinski definition) is 1. The Morgan fingerprint density at radius 1 is 1.21 bits per heavy atom. The quantitative estimate of drug-likeness (QED) is 0.628. The van der Waals surface area contributed by atoms with Gasteiger partial charge in [0, 0.05) is 41.9 Å². The predicted molar refractivity (Wildman–Crippen MR) is 134 cm³/mol. The molecule has 5 rings (SSSR count). The number of benzene rings is 1. The summed E-state index contributed by atoms with van der Waals surface area (Å²) in [4.78, 5) is 5.60. The van der Waals surface area contributed by atoms with Gasteiger partial charge < -0.3 is 9.64 Å². The third-order valence-corrected chi connectivity index (χ3v) is 10.4. The molecule has 0 bridgehead atoms. The monoisotopic (exact) mass is 488 g/mol. The van der Waals surface area contributed by atoms with Crippen LogP contribution in [0.5, 0.6) is 0 Å². The van der Waals surface area contributed by atoms with E-state index in [1.165, 1.54) is 10.4 Å². The van der Waals surface area contributed by atoms with Gasteiger partial charge in [-0.3, -0.25) is 0 Å². The molecular weight excluding hydrogens is 452 g/mol. The molecule has 0 amide bonds. The number of aryl methyl sites for hydroxylation is 2. The minimum Gasteiger partial charge on any atom is -0.370 e. The van der Waals surface area contributed by atoms with Gasteiger partial charge in [0.1, 0.15) is 0 Å². The van der Waals surface area contributed by atoms with E-state index in [0.29, 0.717) is 5.92 Å². The second-order valence-electron chi connectivity index (χ2n) is 10.2. The van der Waals surface area contributed by atoms with Crippen molar-refractivity contribution in [3.05, 3.63) is 56.8 Å². The molecule has 1 aliphatic carbocycles. The first-order valence-corrected chi connectivity index (χ1v) is 14.8. The molecule has 5 nitrogen and oxygen atoms in total. The molecule has 7 heteroatoms. The largest absolute Gasteiger partial charge is 0.370 e. The van der Waals surface area contributed by atoms with Crippen molar-refractivity contribution < 1.29 is 13.2 Å². The fraction of sp³-hybridized carbons (Fsp3) is 0.615. The number of piperidine rings is 1. The van der Waals surface area contributed by atoms with Crippen molar-refractivity contribution in [1.82, 2.24) is 9.62 Å². The molecule has 0 atom stereocenters. The highest BCUT2D eigenvalue weighted by Crippen LogP contribution is 2.45. The summed E-state index contributed by atoms with van der Waals surface area (Å²) in [5.41, 5.74) is 3.35. The fourth-order valence-electron chi connectivity index (χ4n) is 5.82. The smallest absolute Gasteiger partial charge is 0.216 e. The van der Waals surface area contributed by atoms with Crippen molar-refractivity contribution >= 4 is 21.4 Å². The van der Waals surface area contributed by atoms with Crippen LogP contribution in [-0.2, 0) is 39.0 Å². The lowest BCUT2D eigenvalue weighted by Gasteiger charge is -2.46. The molecule has 1 spiro atoms. The fourth-order valence-corrected chi connectivity index (χ4v) is 8.40. The zero-order valence-electron chi connectivity index (χ0n) is 19.8. The first-order chi connectivity index (χ1) is 15.8. The number of nitrogens with zero attached hydrogens (tertiary/aromatic N) is 1. The molecule has 1 saturated carbocycles. The van der Waals surface area contributed by atoms with Crippen LogP contribution in [0.2, 0.25) is 0 Å². The van der Waals surface area contributed by atoms with E-state index >= 15 is 0 Å². The summed E-state index contributed by atoms with van der Waals surface area (Å²) in [6.07, 6.45) is 6.20. The Labute approximate surface area is 202 Å². The van der Waals surface area contributed by atoms with Crippen LogP contribution in [0.4, 0.5) is 0 Å². The highest BCUT2D eigenvalue weighted by atomic mass is 32.2. The third-order valence-electron chi connectivity index (χ3n) is 7.61. The van der Waals surface area contributed by atoms with Gasteiger partial charge in [-0.05, 0) is 62.1 Å². The van der Waals surface area contributed by atoms with Crippen LogP contribution in [-0.4, -0.2) is 45.6 Å². The van der Waals surface area contributed by atoms with Crippen LogP contribution in [0.1, 0.15) is 59.1 Å². The topological polar surface area (TPSA) is 58.6 Å². The molecule has 1 N–H and O–H groups in total. The normalized spacial score (nSPS) is 25.0. The summed E-state index contributed by atoms with van der Waals surface area (Å²) in [6, 6.07) is 10.2. The summed E-state index contributed by atoms with van der Waals surface area (Å²) in [5, 5.41) is 0. The number of sulfonamides is 1. The summed E-state index contributed by atoms with van der Waals surface area (Å²) in [7, 11) is -3.29. The molecule has 3 heterocycles. The molecule has 1 aromatic carbocycles. The van der Waals surface area contributed by atoms with Crippen LogP contribution in [0, 0.1) is 12.8 Å². The predicted octanol–water partition coefficient (Wildman–Crippen LogP) is 4.38. The van der Waals surface area contributed by atoms with E-state index in [1.807, 2.05) is 42.5 Å². The van der Waals surface area contributed by atoms with E-state index in [-0.39, 0.29) is 17.4 Å². The lowest BCUT2D eigenvalue weighted by molar-refractivity contribution is -0.0995. The summed E-state index contributed by atoms with van der Waals surface area (Å²) in [5.74, 6) is 0.648. The van der Waals surface area contributed by atoms with E-state index in [4.69, 9.17) is 4.74 Å². The lowest BCUT2D eigenvalue weighted by Crippen LogP contribution is -2.51. The van der Waals surface area contributed by atoms with Crippen molar-refractivity contribution in [2.24, 2.45) is 5.92 Å². The van der Waals surface area contributed by atoms with Crippen LogP contribution in [0.25, 0.3) is 0 Å². The van der Waals surface area contributed by atoms with Gasteiger partial charge in [-0.2, -0.15) is 0 Å². The number of fused-ring (bicyclic) bond motifs is 2. The van der Waals surface area contributed by atoms with Crippen molar-refractivity contribution in [2.75, 3.05) is 26.2 Å². The lowest BCUT2D eigenvalue weighted by atomic mass is 9.78. The number of nitrogens with one attached hydrogen (secondary N) is 1. The van der Waals surface area contributed by atoms with Crippen molar-refractivity contribution in [3.63, 3.8) is 0 Å². The molecule has 1 aromatic heterocycles. The molecule has 0 unspecified atom stereocenters. The van der Waals surface area contributed by atoms with E-state index in [2.05, 4.69) is 22.6 Å². The first kappa shape index (κ1) is 23.5. The summed E-state index contributed by atoms with van der Waals surface area (Å²) >= 11 is 1.98. The summed E-state index contributed by atoms with van der Waals surface area (Å²) in [6.45, 7) is 8.28. The van der Waals surface area contributed by atoms with Gasteiger partial charge in [-0.25, -0.2) is 13.1 Å². The van der Waals surface area contributed by atoms with Gasteiger partial charge in [-0.1, -0.05) is 36.8 Å². The number of ether oxygens (including phenoxy) is 1. The Morgan fingerprint density at radius 3 is 2.73 bits per heavy atom. The van der Waals surface area contributed by atoms with Crippen molar-refractivity contribution in [3.8, 4) is 0 Å².